The highest BCUT2D eigenvalue weighted by atomic mass is 35.5. The summed E-state index contributed by atoms with van der Waals surface area (Å²) in [6, 6.07) is 21.8. The van der Waals surface area contributed by atoms with Gasteiger partial charge in [0.15, 0.2) is 0 Å². The van der Waals surface area contributed by atoms with Gasteiger partial charge in [0.25, 0.3) is 0 Å². The van der Waals surface area contributed by atoms with E-state index in [1.54, 1.807) is 0 Å². The Bertz CT molecular complexity index is 2250. The third-order valence-electron chi connectivity index (χ3n) is 9.96. The molecule has 0 atom stereocenters. The van der Waals surface area contributed by atoms with E-state index in [1.807, 2.05) is 24.5 Å². The van der Waals surface area contributed by atoms with Crippen LogP contribution in [0.5, 0.6) is 0 Å². The van der Waals surface area contributed by atoms with E-state index in [0.29, 0.717) is 5.02 Å². The van der Waals surface area contributed by atoms with Crippen LogP contribution in [0.1, 0.15) is 78.0 Å². The molecule has 7 aromatic rings. The lowest BCUT2D eigenvalue weighted by molar-refractivity contribution is 0.332. The maximum Gasteiger partial charge on any atom is 0.146 e. The minimum atomic E-state index is 0.00180. The Kier molecular flexibility index (Phi) is 5.09. The Labute approximate surface area is 251 Å². The lowest BCUT2D eigenvalue weighted by Gasteiger charge is -2.41. The van der Waals surface area contributed by atoms with Crippen molar-refractivity contribution in [2.24, 2.45) is 0 Å². The van der Waals surface area contributed by atoms with E-state index in [4.69, 9.17) is 20.4 Å². The first-order valence-electron chi connectivity index (χ1n) is 15.0. The van der Waals surface area contributed by atoms with Crippen molar-refractivity contribution in [1.29, 1.82) is 0 Å². The minimum Gasteiger partial charge on any atom is -0.462 e. The zero-order valence-corrected chi connectivity index (χ0v) is 26.2. The van der Waals surface area contributed by atoms with Crippen LogP contribution < -0.4 is 0 Å². The first-order valence-corrected chi connectivity index (χ1v) is 15.4. The van der Waals surface area contributed by atoms with Crippen LogP contribution in [0, 0.1) is 0 Å². The number of rotatable bonds is 1. The molecule has 4 heteroatoms. The molecule has 3 aromatic heterocycles. The molecule has 0 unspecified atom stereocenters. The van der Waals surface area contributed by atoms with Crippen molar-refractivity contribution in [2.75, 3.05) is 0 Å². The summed E-state index contributed by atoms with van der Waals surface area (Å²) in [6.07, 6.45) is 4.25. The van der Waals surface area contributed by atoms with Gasteiger partial charge in [0, 0.05) is 21.5 Å². The summed E-state index contributed by atoms with van der Waals surface area (Å²) in [4.78, 5) is 0. The van der Waals surface area contributed by atoms with E-state index in [1.165, 1.54) is 23.1 Å². The maximum atomic E-state index is 7.11. The molecule has 0 fully saturated rings. The summed E-state index contributed by atoms with van der Waals surface area (Å²) >= 11 is 7.11. The number of furan rings is 2. The molecule has 42 heavy (non-hydrogen) atoms. The van der Waals surface area contributed by atoms with Crippen LogP contribution in [0.15, 0.2) is 75.8 Å². The second kappa shape index (κ2) is 8.23. The highest BCUT2D eigenvalue weighted by molar-refractivity contribution is 6.41. The zero-order valence-electron chi connectivity index (χ0n) is 25.4. The standard InChI is InChI=1S/C38H36ClNO2/c1-36(2,3)21-12-13-28-24(16-21)34-29(19-27(39)33-22-10-8-9-11-31(22)42-35(33)34)40(28)30-20-41-32-18-26-25(17-23(30)32)37(4,5)14-15-38(26,6)7/h8-13,16-20H,14-15H2,1-7H3. The van der Waals surface area contributed by atoms with Crippen LogP contribution in [0.2, 0.25) is 5.02 Å². The molecule has 0 saturated heterocycles. The van der Waals surface area contributed by atoms with Gasteiger partial charge >= 0.3 is 0 Å². The second-order valence-corrected chi connectivity index (χ2v) is 15.1. The maximum absolute atomic E-state index is 7.11. The van der Waals surface area contributed by atoms with Gasteiger partial charge in [0.05, 0.1) is 27.1 Å². The van der Waals surface area contributed by atoms with Crippen molar-refractivity contribution < 1.29 is 8.83 Å². The van der Waals surface area contributed by atoms with Gasteiger partial charge in [-0.15, -0.1) is 0 Å². The monoisotopic (exact) mass is 573 g/mol. The zero-order chi connectivity index (χ0) is 29.3. The predicted molar refractivity (Wildman–Crippen MR) is 177 cm³/mol. The Balaban J connectivity index is 1.53. The van der Waals surface area contributed by atoms with Crippen LogP contribution in [0.4, 0.5) is 0 Å². The second-order valence-electron chi connectivity index (χ2n) is 14.7. The molecule has 212 valence electrons. The van der Waals surface area contributed by atoms with E-state index >= 15 is 0 Å². The molecule has 0 saturated carbocycles. The third kappa shape index (κ3) is 3.46. The van der Waals surface area contributed by atoms with Crippen molar-refractivity contribution in [3.63, 3.8) is 0 Å². The SMILES string of the molecule is CC(C)(C)c1ccc2c(c1)c1c3oc4ccccc4c3c(Cl)cc1n2-c1coc2cc3c(cc12)C(C)(C)CCC3(C)C. The molecule has 0 radical (unpaired) electrons. The van der Waals surface area contributed by atoms with Crippen molar-refractivity contribution in [3.8, 4) is 5.69 Å². The molecule has 3 nitrogen and oxygen atoms in total. The molecule has 0 amide bonds. The summed E-state index contributed by atoms with van der Waals surface area (Å²) in [5, 5.41) is 6.06. The molecule has 8 rings (SSSR count). The lowest BCUT2D eigenvalue weighted by Crippen LogP contribution is -2.33. The fourth-order valence-electron chi connectivity index (χ4n) is 7.31. The van der Waals surface area contributed by atoms with Gasteiger partial charge in [-0.3, -0.25) is 0 Å². The quantitative estimate of drug-likeness (QED) is 0.195. The average Bonchev–Trinajstić information content (AvgIpc) is 3.61. The Hall–Kier alpha value is -3.69. The number of nitrogens with zero attached hydrogens (tertiary/aromatic N) is 1. The van der Waals surface area contributed by atoms with Crippen LogP contribution in [-0.2, 0) is 16.2 Å². The molecular weight excluding hydrogens is 538 g/mol. The lowest BCUT2D eigenvalue weighted by atomic mass is 9.63. The van der Waals surface area contributed by atoms with Crippen molar-refractivity contribution in [2.45, 2.75) is 77.6 Å². The van der Waals surface area contributed by atoms with Crippen molar-refractivity contribution in [1.82, 2.24) is 4.57 Å². The summed E-state index contributed by atoms with van der Waals surface area (Å²) in [5.74, 6) is 0. The van der Waals surface area contributed by atoms with Crippen LogP contribution in [0.25, 0.3) is 60.4 Å². The highest BCUT2D eigenvalue weighted by Crippen LogP contribution is 2.49. The van der Waals surface area contributed by atoms with Crippen molar-refractivity contribution in [3.05, 3.63) is 88.6 Å². The molecule has 1 aliphatic carbocycles. The fraction of sp³-hybridized carbons (Fsp3) is 0.316. The summed E-state index contributed by atoms with van der Waals surface area (Å²) in [6.45, 7) is 16.2. The molecule has 0 bridgehead atoms. The smallest absolute Gasteiger partial charge is 0.146 e. The van der Waals surface area contributed by atoms with Gasteiger partial charge in [-0.1, -0.05) is 84.3 Å². The van der Waals surface area contributed by atoms with Gasteiger partial charge in [-0.2, -0.15) is 0 Å². The van der Waals surface area contributed by atoms with Crippen LogP contribution in [0.3, 0.4) is 0 Å². The van der Waals surface area contributed by atoms with Gasteiger partial charge < -0.3 is 13.4 Å². The fourth-order valence-corrected chi connectivity index (χ4v) is 7.60. The number of aromatic nitrogens is 1. The summed E-state index contributed by atoms with van der Waals surface area (Å²) < 4.78 is 15.3. The molecule has 0 aliphatic heterocycles. The van der Waals surface area contributed by atoms with E-state index in [9.17, 15) is 0 Å². The Morgan fingerprint density at radius 3 is 2.19 bits per heavy atom. The number of para-hydroxylation sites is 1. The number of halogens is 1. The Morgan fingerprint density at radius 1 is 0.738 bits per heavy atom. The Morgan fingerprint density at radius 2 is 1.45 bits per heavy atom. The molecule has 0 spiro atoms. The van der Waals surface area contributed by atoms with Gasteiger partial charge in [0.2, 0.25) is 0 Å². The number of benzene rings is 4. The first-order chi connectivity index (χ1) is 19.8. The first kappa shape index (κ1) is 26.0. The van der Waals surface area contributed by atoms with Gasteiger partial charge in [-0.25, -0.2) is 0 Å². The molecule has 1 aliphatic rings. The van der Waals surface area contributed by atoms with E-state index < -0.39 is 0 Å². The molecule has 0 N–H and O–H groups in total. The largest absolute Gasteiger partial charge is 0.462 e. The molecule has 4 aromatic carbocycles. The number of fused-ring (bicyclic) bond motifs is 9. The molecule has 3 heterocycles. The van der Waals surface area contributed by atoms with Gasteiger partial charge in [-0.05, 0) is 82.2 Å². The third-order valence-corrected chi connectivity index (χ3v) is 10.3. The minimum absolute atomic E-state index is 0.00180. The predicted octanol–water partition coefficient (Wildman–Crippen LogP) is 11.7. The normalized spacial score (nSPS) is 16.8. The number of hydrogen-bond donors (Lipinski definition) is 0. The average molecular weight is 574 g/mol. The highest BCUT2D eigenvalue weighted by Gasteiger charge is 2.38. The van der Waals surface area contributed by atoms with E-state index in [0.717, 1.165) is 66.8 Å². The van der Waals surface area contributed by atoms with Crippen LogP contribution in [-0.4, -0.2) is 4.57 Å². The van der Waals surface area contributed by atoms with E-state index in [2.05, 4.69) is 95.5 Å². The summed E-state index contributed by atoms with van der Waals surface area (Å²) in [5.41, 5.74) is 10.1. The van der Waals surface area contributed by atoms with Gasteiger partial charge in [0.1, 0.15) is 23.0 Å². The number of hydrogen-bond acceptors (Lipinski definition) is 2. The molecular formula is C38H36ClNO2. The van der Waals surface area contributed by atoms with E-state index in [-0.39, 0.29) is 16.2 Å². The van der Waals surface area contributed by atoms with Crippen LogP contribution >= 0.6 is 11.6 Å². The summed E-state index contributed by atoms with van der Waals surface area (Å²) in [7, 11) is 0. The topological polar surface area (TPSA) is 31.2 Å². The van der Waals surface area contributed by atoms with Crippen molar-refractivity contribution >= 4 is 66.3 Å².